The van der Waals surface area contributed by atoms with Gasteiger partial charge in [-0.05, 0) is 78.9 Å². The Kier molecular flexibility index (Phi) is 9.48. The zero-order chi connectivity index (χ0) is 38.6. The molecular formula is C52H36IrN5O. The van der Waals surface area contributed by atoms with Crippen LogP contribution in [-0.4, -0.2) is 23.8 Å². The Bertz CT molecular complexity index is 3190. The summed E-state index contributed by atoms with van der Waals surface area (Å²) in [5.74, 6) is 0. The third-order valence-corrected chi connectivity index (χ3v) is 11.2. The number of benzene rings is 6. The standard InChI is InChI=1S/C34H24N4.C18H12NO.Ir/c1(11-23-21-37-31-19-9-7-15-27(31)25-13-3-5-17-29(25)33(37)35-23)2-12-24-22-38-32-20-10-8-16-28(32)26-14-4-6-18-30(26)34(38)36-24;1-12-8-9-13-14-5-4-6-15(16-7-2-3-10-19-16)18(14)20-17(13)11-12;/h3-10,13-16,19-22H,1-2,11-12H2;2-5,7-11H,1H3;/q-2;-1;+3. The van der Waals surface area contributed by atoms with Gasteiger partial charge < -0.3 is 18.2 Å². The number of unbranched alkanes of at least 4 members (excludes halogenated alkanes) is 1. The minimum Gasteiger partial charge on any atom is -0.501 e. The quantitative estimate of drug-likeness (QED) is 0.0947. The molecule has 0 amide bonds. The van der Waals surface area contributed by atoms with E-state index in [9.17, 15) is 0 Å². The molecule has 0 unspecified atom stereocenters. The molecule has 12 aromatic rings. The predicted molar refractivity (Wildman–Crippen MR) is 235 cm³/mol. The van der Waals surface area contributed by atoms with E-state index in [1.54, 1.807) is 6.20 Å². The van der Waals surface area contributed by atoms with Crippen LogP contribution in [-0.2, 0) is 32.9 Å². The second-order valence-electron chi connectivity index (χ2n) is 14.9. The third-order valence-electron chi connectivity index (χ3n) is 11.2. The van der Waals surface area contributed by atoms with E-state index in [1.807, 2.05) is 42.5 Å². The zero-order valence-electron chi connectivity index (χ0n) is 32.2. The number of rotatable bonds is 6. The summed E-state index contributed by atoms with van der Waals surface area (Å²) in [6.07, 6.45) is 10.2. The number of aromatic nitrogens is 5. The van der Waals surface area contributed by atoms with E-state index in [4.69, 9.17) is 14.4 Å². The summed E-state index contributed by atoms with van der Waals surface area (Å²) in [5.41, 5.74) is 11.4. The average Bonchev–Trinajstić information content (AvgIpc) is 4.02. The number of hydrogen-bond donors (Lipinski definition) is 0. The zero-order valence-corrected chi connectivity index (χ0v) is 34.6. The van der Waals surface area contributed by atoms with Gasteiger partial charge in [0.1, 0.15) is 5.58 Å². The SMILES string of the molecule is Cc1ccc2c(c1)oc1c(-c3ccccn3)[c-]ccc12.[Ir+3].[c-]1cccc2c1c1nc(CCCCc3cn4c5ccccc5c5ccc[c-]c5c4n3)cn1c1ccccc21. The van der Waals surface area contributed by atoms with E-state index < -0.39 is 0 Å². The molecule has 284 valence electrons. The molecule has 6 heterocycles. The molecule has 0 aliphatic rings. The van der Waals surface area contributed by atoms with Crippen LogP contribution in [0.3, 0.4) is 0 Å². The van der Waals surface area contributed by atoms with Gasteiger partial charge in [-0.25, -0.2) is 0 Å². The molecule has 6 aromatic heterocycles. The maximum Gasteiger partial charge on any atom is 3.00 e. The molecule has 0 spiro atoms. The van der Waals surface area contributed by atoms with Crippen LogP contribution >= 0.6 is 0 Å². The van der Waals surface area contributed by atoms with Crippen molar-refractivity contribution in [3.05, 3.63) is 187 Å². The van der Waals surface area contributed by atoms with Crippen LogP contribution < -0.4 is 0 Å². The molecule has 12 rings (SSSR count). The minimum absolute atomic E-state index is 0. The number of hydrogen-bond acceptors (Lipinski definition) is 4. The van der Waals surface area contributed by atoms with Crippen LogP contribution in [0.25, 0.3) is 87.8 Å². The fourth-order valence-electron chi connectivity index (χ4n) is 8.50. The smallest absolute Gasteiger partial charge is 0.501 e. The van der Waals surface area contributed by atoms with Crippen molar-refractivity contribution in [2.75, 3.05) is 0 Å². The van der Waals surface area contributed by atoms with Gasteiger partial charge in [0.2, 0.25) is 0 Å². The molecule has 0 atom stereocenters. The van der Waals surface area contributed by atoms with Gasteiger partial charge in [0.05, 0.1) is 16.9 Å². The summed E-state index contributed by atoms with van der Waals surface area (Å²) in [6, 6.07) is 55.7. The van der Waals surface area contributed by atoms with E-state index in [0.717, 1.165) is 92.3 Å². The summed E-state index contributed by atoms with van der Waals surface area (Å²) in [7, 11) is 0. The molecule has 6 nitrogen and oxygen atoms in total. The molecule has 0 radical (unpaired) electrons. The van der Waals surface area contributed by atoms with Crippen LogP contribution in [0.15, 0.2) is 156 Å². The molecule has 0 aliphatic carbocycles. The van der Waals surface area contributed by atoms with Crippen LogP contribution in [0.5, 0.6) is 0 Å². The van der Waals surface area contributed by atoms with Crippen LogP contribution in [0.4, 0.5) is 0 Å². The monoisotopic (exact) mass is 939 g/mol. The number of para-hydroxylation sites is 2. The van der Waals surface area contributed by atoms with Gasteiger partial charge >= 0.3 is 20.1 Å². The number of nitrogens with zero attached hydrogens (tertiary/aromatic N) is 5. The molecule has 0 saturated carbocycles. The second-order valence-corrected chi connectivity index (χ2v) is 14.9. The van der Waals surface area contributed by atoms with E-state index in [1.165, 1.54) is 38.1 Å². The Hall–Kier alpha value is -6.66. The normalized spacial score (nSPS) is 11.6. The van der Waals surface area contributed by atoms with E-state index in [2.05, 4.69) is 142 Å². The molecule has 59 heavy (non-hydrogen) atoms. The summed E-state index contributed by atoms with van der Waals surface area (Å²) in [4.78, 5) is 14.5. The molecule has 0 saturated heterocycles. The first-order chi connectivity index (χ1) is 28.7. The molecule has 0 fully saturated rings. The van der Waals surface area contributed by atoms with Crippen molar-refractivity contribution in [1.29, 1.82) is 0 Å². The Morgan fingerprint density at radius 2 is 1.15 bits per heavy atom. The van der Waals surface area contributed by atoms with Gasteiger partial charge in [-0.3, -0.25) is 9.97 Å². The number of fused-ring (bicyclic) bond motifs is 15. The Labute approximate surface area is 354 Å². The molecule has 0 N–H and O–H groups in total. The van der Waals surface area contributed by atoms with Gasteiger partial charge in [-0.1, -0.05) is 82.4 Å². The van der Waals surface area contributed by atoms with Gasteiger partial charge in [-0.15, -0.1) is 77.5 Å². The minimum atomic E-state index is 0. The first-order valence-corrected chi connectivity index (χ1v) is 19.8. The molecular weight excluding hydrogens is 903 g/mol. The molecule has 6 aromatic carbocycles. The summed E-state index contributed by atoms with van der Waals surface area (Å²) in [5, 5.41) is 9.29. The third kappa shape index (κ3) is 6.44. The second kappa shape index (κ2) is 15.3. The van der Waals surface area contributed by atoms with Gasteiger partial charge in [0.25, 0.3) is 0 Å². The summed E-state index contributed by atoms with van der Waals surface area (Å²) >= 11 is 0. The van der Waals surface area contributed by atoms with Crippen LogP contribution in [0.1, 0.15) is 29.8 Å². The Balaban J connectivity index is 0.000000169. The van der Waals surface area contributed by atoms with Gasteiger partial charge in [0, 0.05) is 46.4 Å². The fourth-order valence-corrected chi connectivity index (χ4v) is 8.50. The first-order valence-electron chi connectivity index (χ1n) is 19.8. The van der Waals surface area contributed by atoms with Crippen molar-refractivity contribution < 1.29 is 24.5 Å². The molecule has 0 aliphatic heterocycles. The number of furan rings is 1. The van der Waals surface area contributed by atoms with Crippen molar-refractivity contribution in [2.45, 2.75) is 32.6 Å². The fraction of sp³-hybridized carbons (Fsp3) is 0.0962. The summed E-state index contributed by atoms with van der Waals surface area (Å²) in [6.45, 7) is 2.07. The Morgan fingerprint density at radius 3 is 1.76 bits per heavy atom. The number of pyridine rings is 3. The number of aryl methyl sites for hydroxylation is 3. The van der Waals surface area contributed by atoms with Crippen molar-refractivity contribution >= 4 is 76.6 Å². The van der Waals surface area contributed by atoms with Crippen molar-refractivity contribution in [3.63, 3.8) is 0 Å². The van der Waals surface area contributed by atoms with Crippen molar-refractivity contribution in [3.8, 4) is 11.3 Å². The topological polar surface area (TPSA) is 60.6 Å². The van der Waals surface area contributed by atoms with E-state index in [0.29, 0.717) is 0 Å². The average molecular weight is 939 g/mol. The molecule has 0 bridgehead atoms. The maximum absolute atomic E-state index is 6.05. The van der Waals surface area contributed by atoms with Gasteiger partial charge in [0.15, 0.2) is 0 Å². The first kappa shape index (κ1) is 36.7. The van der Waals surface area contributed by atoms with Crippen LogP contribution in [0, 0.1) is 25.1 Å². The van der Waals surface area contributed by atoms with E-state index >= 15 is 0 Å². The van der Waals surface area contributed by atoms with Crippen molar-refractivity contribution in [1.82, 2.24) is 23.8 Å². The number of imidazole rings is 2. The van der Waals surface area contributed by atoms with E-state index in [-0.39, 0.29) is 20.1 Å². The maximum atomic E-state index is 6.05. The summed E-state index contributed by atoms with van der Waals surface area (Å²) < 4.78 is 10.5. The molecule has 7 heteroatoms. The van der Waals surface area contributed by atoms with Crippen LogP contribution in [0.2, 0.25) is 0 Å². The van der Waals surface area contributed by atoms with Crippen molar-refractivity contribution in [2.24, 2.45) is 0 Å². The Morgan fingerprint density at radius 1 is 0.559 bits per heavy atom. The predicted octanol–water partition coefficient (Wildman–Crippen LogP) is 12.5. The van der Waals surface area contributed by atoms with Gasteiger partial charge in [-0.2, -0.15) is 0 Å². The largest absolute Gasteiger partial charge is 3.00 e.